The number of fused-ring (bicyclic) bond motifs is 1. The van der Waals surface area contributed by atoms with Crippen LogP contribution in [0.2, 0.25) is 0 Å². The number of carbonyl (C=O) groups is 1. The van der Waals surface area contributed by atoms with Crippen molar-refractivity contribution in [3.05, 3.63) is 28.8 Å². The van der Waals surface area contributed by atoms with Crippen molar-refractivity contribution in [2.24, 2.45) is 10.9 Å². The van der Waals surface area contributed by atoms with Gasteiger partial charge in [0.15, 0.2) is 0 Å². The van der Waals surface area contributed by atoms with Gasteiger partial charge >= 0.3 is 6.03 Å². The maximum Gasteiger partial charge on any atom is 0.317 e. The van der Waals surface area contributed by atoms with E-state index in [4.69, 9.17) is 10.1 Å². The first-order valence-electron chi connectivity index (χ1n) is 15.8. The molecule has 2 unspecified atom stereocenters. The van der Waals surface area contributed by atoms with Gasteiger partial charge in [0.2, 0.25) is 0 Å². The summed E-state index contributed by atoms with van der Waals surface area (Å²) in [5.74, 6) is 0.739. The highest BCUT2D eigenvalue weighted by Crippen LogP contribution is 2.34. The zero-order chi connectivity index (χ0) is 30.2. The van der Waals surface area contributed by atoms with Crippen molar-refractivity contribution in [2.45, 2.75) is 78.2 Å². The van der Waals surface area contributed by atoms with Crippen LogP contribution in [-0.2, 0) is 17.6 Å². The van der Waals surface area contributed by atoms with Gasteiger partial charge in [0.1, 0.15) is 5.84 Å². The first-order valence-corrected chi connectivity index (χ1v) is 15.8. The maximum absolute atomic E-state index is 12.7. The highest BCUT2D eigenvalue weighted by molar-refractivity contribution is 5.98. The van der Waals surface area contributed by atoms with Gasteiger partial charge in [-0.2, -0.15) is 0 Å². The minimum absolute atomic E-state index is 0.0779. The fraction of sp³-hybridized carbons (Fsp3) is 0.719. The molecule has 0 spiro atoms. The number of hydrogen-bond acceptors (Lipinski definition) is 6. The number of amidine groups is 1. The Morgan fingerprint density at radius 1 is 1.27 bits per heavy atom. The van der Waals surface area contributed by atoms with Crippen LogP contribution in [0, 0.1) is 11.3 Å². The number of ether oxygens (including phenoxy) is 1. The molecule has 0 aromatic heterocycles. The predicted octanol–water partition coefficient (Wildman–Crippen LogP) is 4.44. The standard InChI is InChI=1S/C30H51N7O2.C2H6/c1-6-23-18-28-24(17-27(23)25(19-32-3)20-33-4)9-7-14-37(28)29(31)22(2)21-36(30(38)34-5)13-8-12-35-26-10-15-39-16-11-26;1-2/h17-19,22,25-26,31,33,35H,6-16,20-21H2,1-5H3,(H,34,38);1-2H3. The average Bonchev–Trinajstić information content (AvgIpc) is 3.02. The summed E-state index contributed by atoms with van der Waals surface area (Å²) < 4.78 is 5.44. The van der Waals surface area contributed by atoms with Gasteiger partial charge in [-0.3, -0.25) is 5.41 Å². The van der Waals surface area contributed by atoms with Gasteiger partial charge in [0.25, 0.3) is 0 Å². The molecule has 4 N–H and O–H groups in total. The molecule has 1 aromatic carbocycles. The lowest BCUT2D eigenvalue weighted by atomic mass is 9.87. The predicted molar refractivity (Wildman–Crippen MR) is 173 cm³/mol. The molecule has 0 radical (unpaired) electrons. The summed E-state index contributed by atoms with van der Waals surface area (Å²) in [6.45, 7) is 13.7. The summed E-state index contributed by atoms with van der Waals surface area (Å²) in [5, 5.41) is 18.9. The minimum atomic E-state index is -0.0780. The van der Waals surface area contributed by atoms with Crippen LogP contribution < -0.4 is 20.9 Å². The van der Waals surface area contributed by atoms with E-state index in [9.17, 15) is 4.79 Å². The molecule has 9 heteroatoms. The molecule has 1 aromatic rings. The molecule has 2 atom stereocenters. The van der Waals surface area contributed by atoms with Crippen LogP contribution in [0.5, 0.6) is 0 Å². The maximum atomic E-state index is 12.7. The van der Waals surface area contributed by atoms with Gasteiger partial charge in [-0.15, -0.1) is 0 Å². The number of hydrogen-bond donors (Lipinski definition) is 4. The van der Waals surface area contributed by atoms with Crippen molar-refractivity contribution < 1.29 is 9.53 Å². The summed E-state index contributed by atoms with van der Waals surface area (Å²) >= 11 is 0. The van der Waals surface area contributed by atoms with E-state index in [1.165, 1.54) is 16.7 Å². The van der Waals surface area contributed by atoms with Crippen molar-refractivity contribution in [2.75, 3.05) is 72.0 Å². The second kappa shape index (κ2) is 18.8. The number of carbonyl (C=O) groups excluding carboxylic acids is 1. The molecule has 9 nitrogen and oxygen atoms in total. The largest absolute Gasteiger partial charge is 0.381 e. The molecule has 1 fully saturated rings. The van der Waals surface area contributed by atoms with Crippen molar-refractivity contribution in [1.29, 1.82) is 5.41 Å². The van der Waals surface area contributed by atoms with Gasteiger partial charge < -0.3 is 35.5 Å². The Bertz CT molecular complexity index is 962. The van der Waals surface area contributed by atoms with E-state index in [0.717, 1.165) is 77.1 Å². The highest BCUT2D eigenvalue weighted by atomic mass is 16.5. The van der Waals surface area contributed by atoms with Crippen molar-refractivity contribution in [1.82, 2.24) is 20.9 Å². The molecule has 0 bridgehead atoms. The van der Waals surface area contributed by atoms with Crippen LogP contribution in [0.15, 0.2) is 17.1 Å². The van der Waals surface area contributed by atoms with Crippen LogP contribution in [0.1, 0.15) is 76.0 Å². The Balaban J connectivity index is 0.00000287. The number of nitrogens with zero attached hydrogens (tertiary/aromatic N) is 3. The zero-order valence-corrected chi connectivity index (χ0v) is 26.8. The van der Waals surface area contributed by atoms with Crippen molar-refractivity contribution >= 4 is 23.8 Å². The number of aliphatic imine (C=N–C) groups is 1. The number of aryl methyl sites for hydroxylation is 2. The van der Waals surface area contributed by atoms with Crippen molar-refractivity contribution in [3.63, 3.8) is 0 Å². The van der Waals surface area contributed by atoms with Gasteiger partial charge in [0, 0.05) is 83.3 Å². The van der Waals surface area contributed by atoms with E-state index in [0.29, 0.717) is 25.0 Å². The first-order chi connectivity index (χ1) is 19.9. The van der Waals surface area contributed by atoms with E-state index < -0.39 is 0 Å². The molecular weight excluding hydrogens is 514 g/mol. The molecule has 2 amide bonds. The molecule has 0 saturated carbocycles. The molecule has 2 aliphatic rings. The number of amides is 2. The van der Waals surface area contributed by atoms with Crippen LogP contribution >= 0.6 is 0 Å². The van der Waals surface area contributed by atoms with Gasteiger partial charge in [-0.25, -0.2) is 4.79 Å². The van der Waals surface area contributed by atoms with Crippen molar-refractivity contribution in [3.8, 4) is 0 Å². The molecule has 2 heterocycles. The van der Waals surface area contributed by atoms with Crippen LogP contribution in [0.3, 0.4) is 0 Å². The Kier molecular flexibility index (Phi) is 16.0. The number of likely N-dealkylation sites (N-methyl/N-ethyl adjacent to an activating group) is 1. The summed E-state index contributed by atoms with van der Waals surface area (Å²) in [6.07, 6.45) is 7.99. The second-order valence-corrected chi connectivity index (χ2v) is 10.8. The SMILES string of the molecule is CC.CCc1cc2c(cc1C(C=NC)CNC)CCCN2C(=N)C(C)CN(CCCNC1CCOCC1)C(=O)NC. The molecule has 0 aliphatic carbocycles. The molecule has 1 saturated heterocycles. The van der Waals surface area contributed by atoms with Gasteiger partial charge in [-0.1, -0.05) is 33.8 Å². The fourth-order valence-electron chi connectivity index (χ4n) is 5.83. The van der Waals surface area contributed by atoms with E-state index >= 15 is 0 Å². The zero-order valence-electron chi connectivity index (χ0n) is 26.8. The number of nitrogens with one attached hydrogen (secondary N) is 4. The van der Waals surface area contributed by atoms with Gasteiger partial charge in [-0.05, 0) is 74.9 Å². The second-order valence-electron chi connectivity index (χ2n) is 10.8. The third kappa shape index (κ3) is 10.1. The lowest BCUT2D eigenvalue weighted by molar-refractivity contribution is 0.0778. The smallest absolute Gasteiger partial charge is 0.317 e. The number of anilines is 1. The fourth-order valence-corrected chi connectivity index (χ4v) is 5.83. The number of benzene rings is 1. The Morgan fingerprint density at radius 3 is 2.63 bits per heavy atom. The Hall–Kier alpha value is -2.49. The van der Waals surface area contributed by atoms with Crippen LogP contribution in [-0.4, -0.2) is 96.1 Å². The Morgan fingerprint density at radius 2 is 2.00 bits per heavy atom. The van der Waals surface area contributed by atoms with E-state index in [2.05, 4.69) is 51.8 Å². The Labute approximate surface area is 249 Å². The van der Waals surface area contributed by atoms with Crippen LogP contribution in [0.25, 0.3) is 0 Å². The third-order valence-electron chi connectivity index (χ3n) is 8.00. The summed E-state index contributed by atoms with van der Waals surface area (Å²) in [4.78, 5) is 21.1. The summed E-state index contributed by atoms with van der Waals surface area (Å²) in [6, 6.07) is 5.08. The quantitative estimate of drug-likeness (QED) is 0.159. The van der Waals surface area contributed by atoms with E-state index in [-0.39, 0.29) is 17.9 Å². The average molecular weight is 572 g/mol. The molecule has 232 valence electrons. The third-order valence-corrected chi connectivity index (χ3v) is 8.00. The summed E-state index contributed by atoms with van der Waals surface area (Å²) in [7, 11) is 5.50. The van der Waals surface area contributed by atoms with E-state index in [1.54, 1.807) is 7.05 Å². The summed E-state index contributed by atoms with van der Waals surface area (Å²) in [5.41, 5.74) is 5.10. The molecule has 41 heavy (non-hydrogen) atoms. The molecular formula is C32H57N7O2. The number of rotatable bonds is 13. The van der Waals surface area contributed by atoms with E-state index in [1.807, 2.05) is 39.1 Å². The first kappa shape index (κ1) is 34.7. The lowest BCUT2D eigenvalue weighted by Gasteiger charge is -2.36. The van der Waals surface area contributed by atoms with Gasteiger partial charge in [0.05, 0.1) is 0 Å². The van der Waals surface area contributed by atoms with Crippen LogP contribution in [0.4, 0.5) is 10.5 Å². The monoisotopic (exact) mass is 571 g/mol. The minimum Gasteiger partial charge on any atom is -0.381 e. The lowest BCUT2D eigenvalue weighted by Crippen LogP contribution is -2.47. The number of urea groups is 1. The molecule has 3 rings (SSSR count). The topological polar surface area (TPSA) is 105 Å². The normalized spacial score (nSPS) is 16.9. The molecule has 2 aliphatic heterocycles. The highest BCUT2D eigenvalue weighted by Gasteiger charge is 2.28.